The largest absolute Gasteiger partial charge is 0.444 e. The van der Waals surface area contributed by atoms with E-state index in [4.69, 9.17) is 9.47 Å². The lowest BCUT2D eigenvalue weighted by molar-refractivity contribution is -0.115. The van der Waals surface area contributed by atoms with E-state index in [-0.39, 0.29) is 17.9 Å². The van der Waals surface area contributed by atoms with E-state index in [0.717, 1.165) is 10.5 Å². The molecule has 1 aliphatic heterocycles. The molecule has 0 aliphatic carbocycles. The van der Waals surface area contributed by atoms with Crippen molar-refractivity contribution in [2.45, 2.75) is 66.1 Å². The summed E-state index contributed by atoms with van der Waals surface area (Å²) >= 11 is 3.39. The monoisotopic (exact) mass is 495 g/mol. The highest BCUT2D eigenvalue weighted by Gasteiger charge is 2.35. The highest BCUT2D eigenvalue weighted by atomic mass is 79.9. The molecule has 0 fully saturated rings. The van der Waals surface area contributed by atoms with Gasteiger partial charge in [0.05, 0.1) is 11.0 Å². The van der Waals surface area contributed by atoms with Crippen molar-refractivity contribution in [3.05, 3.63) is 33.9 Å². The Hall–Kier alpha value is -2.42. The van der Waals surface area contributed by atoms with Crippen LogP contribution in [0.25, 0.3) is 0 Å². The molecular weight excluding hydrogens is 466 g/mol. The van der Waals surface area contributed by atoms with E-state index < -0.39 is 29.3 Å². The molecule has 170 valence electrons. The number of hydrogen-bond donors (Lipinski definition) is 0. The molecular formula is C22H30BrN3O5. The van der Waals surface area contributed by atoms with Crippen molar-refractivity contribution in [2.24, 2.45) is 0 Å². The molecule has 1 aromatic heterocycles. The molecule has 3 amide bonds. The Kier molecular flexibility index (Phi) is 7.52. The van der Waals surface area contributed by atoms with Gasteiger partial charge in [-0.05, 0) is 82.4 Å². The van der Waals surface area contributed by atoms with Crippen LogP contribution < -0.4 is 4.90 Å². The van der Waals surface area contributed by atoms with E-state index in [1.165, 1.54) is 4.90 Å². The van der Waals surface area contributed by atoms with Gasteiger partial charge >= 0.3 is 12.2 Å². The summed E-state index contributed by atoms with van der Waals surface area (Å²) in [4.78, 5) is 45.5. The first kappa shape index (κ1) is 24.8. The first-order valence-electron chi connectivity index (χ1n) is 10.0. The maximum absolute atomic E-state index is 13.4. The molecule has 0 saturated heterocycles. The second kappa shape index (κ2) is 9.38. The summed E-state index contributed by atoms with van der Waals surface area (Å²) < 4.78 is 11.4. The number of aryl methyl sites for hydroxylation is 1. The van der Waals surface area contributed by atoms with Crippen molar-refractivity contribution in [2.75, 3.05) is 18.0 Å². The van der Waals surface area contributed by atoms with E-state index >= 15 is 0 Å². The van der Waals surface area contributed by atoms with Crippen LogP contribution in [0.2, 0.25) is 0 Å². The first-order chi connectivity index (χ1) is 14.2. The van der Waals surface area contributed by atoms with Gasteiger partial charge in [0.25, 0.3) is 5.91 Å². The Morgan fingerprint density at radius 2 is 1.71 bits per heavy atom. The average molecular weight is 496 g/mol. The van der Waals surface area contributed by atoms with Crippen molar-refractivity contribution < 1.29 is 23.9 Å². The Labute approximate surface area is 191 Å². The third-order valence-corrected chi connectivity index (χ3v) is 4.61. The highest BCUT2D eigenvalue weighted by molar-refractivity contribution is 9.10. The maximum Gasteiger partial charge on any atom is 0.423 e. The third-order valence-electron chi connectivity index (χ3n) is 4.03. The van der Waals surface area contributed by atoms with E-state index in [1.54, 1.807) is 59.9 Å². The fraction of sp³-hybridized carbons (Fsp3) is 0.545. The quantitative estimate of drug-likeness (QED) is 0.574. The molecule has 0 radical (unpaired) electrons. The van der Waals surface area contributed by atoms with E-state index in [9.17, 15) is 14.4 Å². The molecule has 0 atom stereocenters. The molecule has 0 N–H and O–H groups in total. The number of pyridine rings is 1. The van der Waals surface area contributed by atoms with Crippen LogP contribution in [0, 0.1) is 6.92 Å². The first-order valence-corrected chi connectivity index (χ1v) is 10.8. The van der Waals surface area contributed by atoms with E-state index in [2.05, 4.69) is 20.9 Å². The standard InChI is InChI=1S/C22H30BrN3O5/c1-14-11-16(23)17(24-12-14)26(20(29)31-22(5,6)7)18(27)15-9-8-10-25(13-15)19(28)30-21(2,3)4/h9,11-12H,8,10,13H2,1-7H3. The number of aromatic nitrogens is 1. The summed E-state index contributed by atoms with van der Waals surface area (Å²) in [6.45, 7) is 12.8. The van der Waals surface area contributed by atoms with Crippen molar-refractivity contribution in [3.63, 3.8) is 0 Å². The lowest BCUT2D eigenvalue weighted by Gasteiger charge is -2.31. The van der Waals surface area contributed by atoms with Crippen LogP contribution in [-0.2, 0) is 14.3 Å². The van der Waals surface area contributed by atoms with Gasteiger partial charge in [-0.3, -0.25) is 4.79 Å². The minimum Gasteiger partial charge on any atom is -0.444 e. The number of carbonyl (C=O) groups excluding carboxylic acids is 3. The molecule has 31 heavy (non-hydrogen) atoms. The van der Waals surface area contributed by atoms with Crippen LogP contribution in [0.15, 0.2) is 28.4 Å². The number of anilines is 1. The summed E-state index contributed by atoms with van der Waals surface area (Å²) in [7, 11) is 0. The average Bonchev–Trinajstić information content (AvgIpc) is 2.61. The molecule has 9 heteroatoms. The lowest BCUT2D eigenvalue weighted by Crippen LogP contribution is -2.46. The van der Waals surface area contributed by atoms with Gasteiger partial charge in [0.1, 0.15) is 11.2 Å². The van der Waals surface area contributed by atoms with Gasteiger partial charge in [-0.25, -0.2) is 14.6 Å². The third kappa shape index (κ3) is 7.05. The number of rotatable bonds is 2. The molecule has 2 rings (SSSR count). The van der Waals surface area contributed by atoms with Crippen LogP contribution in [0.4, 0.5) is 15.4 Å². The predicted molar refractivity (Wildman–Crippen MR) is 121 cm³/mol. The summed E-state index contributed by atoms with van der Waals surface area (Å²) in [5.41, 5.74) is -0.310. The number of nitrogens with zero attached hydrogens (tertiary/aromatic N) is 3. The fourth-order valence-corrected chi connectivity index (χ4v) is 3.43. The van der Waals surface area contributed by atoms with Gasteiger partial charge in [-0.15, -0.1) is 0 Å². The smallest absolute Gasteiger partial charge is 0.423 e. The van der Waals surface area contributed by atoms with Gasteiger partial charge in [-0.2, -0.15) is 4.90 Å². The molecule has 1 aliphatic rings. The molecule has 2 heterocycles. The van der Waals surface area contributed by atoms with Crippen molar-refractivity contribution in [1.82, 2.24) is 9.88 Å². The van der Waals surface area contributed by atoms with Crippen LogP contribution in [-0.4, -0.2) is 52.3 Å². The van der Waals surface area contributed by atoms with Gasteiger partial charge in [0.15, 0.2) is 5.82 Å². The van der Waals surface area contributed by atoms with Gasteiger partial charge < -0.3 is 14.4 Å². The van der Waals surface area contributed by atoms with Crippen LogP contribution in [0.5, 0.6) is 0 Å². The lowest BCUT2D eigenvalue weighted by atomic mass is 10.1. The highest BCUT2D eigenvalue weighted by Crippen LogP contribution is 2.28. The van der Waals surface area contributed by atoms with Crippen LogP contribution >= 0.6 is 15.9 Å². The Morgan fingerprint density at radius 3 is 2.26 bits per heavy atom. The molecule has 0 saturated carbocycles. The zero-order valence-corrected chi connectivity index (χ0v) is 20.7. The minimum absolute atomic E-state index is 0.0243. The van der Waals surface area contributed by atoms with Crippen LogP contribution in [0.1, 0.15) is 53.5 Å². The fourth-order valence-electron chi connectivity index (χ4n) is 2.79. The Balaban J connectivity index is 2.35. The summed E-state index contributed by atoms with van der Waals surface area (Å²) in [5, 5.41) is 0. The van der Waals surface area contributed by atoms with Crippen LogP contribution in [0.3, 0.4) is 0 Å². The van der Waals surface area contributed by atoms with Gasteiger partial charge in [0, 0.05) is 18.3 Å². The Morgan fingerprint density at radius 1 is 1.10 bits per heavy atom. The second-order valence-electron chi connectivity index (χ2n) is 9.36. The summed E-state index contributed by atoms with van der Waals surface area (Å²) in [6, 6.07) is 1.76. The number of amides is 3. The zero-order valence-electron chi connectivity index (χ0n) is 19.1. The number of halogens is 1. The van der Waals surface area contributed by atoms with Gasteiger partial charge in [-0.1, -0.05) is 6.08 Å². The van der Waals surface area contributed by atoms with Crippen molar-refractivity contribution in [3.8, 4) is 0 Å². The number of carbonyl (C=O) groups is 3. The molecule has 0 aromatic carbocycles. The summed E-state index contributed by atoms with van der Waals surface area (Å²) in [6.07, 6.45) is 2.40. The van der Waals surface area contributed by atoms with Crippen molar-refractivity contribution >= 4 is 39.8 Å². The normalized spacial score (nSPS) is 14.6. The Bertz CT molecular complexity index is 899. The molecule has 0 spiro atoms. The number of hydrogen-bond acceptors (Lipinski definition) is 6. The topological polar surface area (TPSA) is 89.0 Å². The molecule has 8 nitrogen and oxygen atoms in total. The van der Waals surface area contributed by atoms with Crippen molar-refractivity contribution in [1.29, 1.82) is 0 Å². The van der Waals surface area contributed by atoms with E-state index in [1.807, 2.05) is 6.92 Å². The second-order valence-corrected chi connectivity index (χ2v) is 10.2. The molecule has 0 bridgehead atoms. The zero-order chi connectivity index (χ0) is 23.6. The van der Waals surface area contributed by atoms with E-state index in [0.29, 0.717) is 17.4 Å². The van der Waals surface area contributed by atoms with Gasteiger partial charge in [0.2, 0.25) is 0 Å². The maximum atomic E-state index is 13.4. The SMILES string of the molecule is Cc1cnc(N(C(=O)OC(C)(C)C)C(=O)C2=CCCN(C(=O)OC(C)(C)C)C2)c(Br)c1. The number of imide groups is 1. The number of ether oxygens (including phenoxy) is 2. The predicted octanol–water partition coefficient (Wildman–Crippen LogP) is 4.99. The molecule has 0 unspecified atom stereocenters. The minimum atomic E-state index is -0.843. The molecule has 1 aromatic rings. The summed E-state index contributed by atoms with van der Waals surface area (Å²) in [5.74, 6) is -0.472.